The molecule has 2 aromatic carbocycles. The SMILES string of the molecule is CCNC(=O)COc1ccc(CNC(=NC)NCc2ccccc2Cl)cc1OC. The number of hydrogen-bond acceptors (Lipinski definition) is 4. The highest BCUT2D eigenvalue weighted by Gasteiger charge is 2.09. The number of likely N-dealkylation sites (N-methyl/N-ethyl adjacent to an activating group) is 1. The molecule has 2 aromatic rings. The summed E-state index contributed by atoms with van der Waals surface area (Å²) in [5, 5.41) is 9.88. The molecule has 2 rings (SSSR count). The van der Waals surface area contributed by atoms with Crippen molar-refractivity contribution in [2.75, 3.05) is 27.3 Å². The zero-order chi connectivity index (χ0) is 21.1. The molecule has 29 heavy (non-hydrogen) atoms. The van der Waals surface area contributed by atoms with Crippen LogP contribution < -0.4 is 25.4 Å². The van der Waals surface area contributed by atoms with Crippen LogP contribution in [0.5, 0.6) is 11.5 Å². The predicted molar refractivity (Wildman–Crippen MR) is 116 cm³/mol. The van der Waals surface area contributed by atoms with Gasteiger partial charge in [-0.2, -0.15) is 0 Å². The Labute approximate surface area is 176 Å². The molecule has 0 saturated carbocycles. The number of amides is 1. The number of halogens is 1. The summed E-state index contributed by atoms with van der Waals surface area (Å²) in [7, 11) is 3.27. The van der Waals surface area contributed by atoms with Gasteiger partial charge in [0.05, 0.1) is 7.11 Å². The Morgan fingerprint density at radius 1 is 1.07 bits per heavy atom. The third-order valence-electron chi connectivity index (χ3n) is 4.05. The number of methoxy groups -OCH3 is 1. The summed E-state index contributed by atoms with van der Waals surface area (Å²) < 4.78 is 10.9. The lowest BCUT2D eigenvalue weighted by Crippen LogP contribution is -2.36. The first kappa shape index (κ1) is 22.4. The molecule has 0 aliphatic heterocycles. The molecule has 0 heterocycles. The summed E-state index contributed by atoms with van der Waals surface area (Å²) in [5.41, 5.74) is 1.97. The first-order valence-corrected chi connectivity index (χ1v) is 9.69. The van der Waals surface area contributed by atoms with Crippen molar-refractivity contribution in [1.29, 1.82) is 0 Å². The van der Waals surface area contributed by atoms with Crippen LogP contribution in [0, 0.1) is 0 Å². The molecule has 0 bridgehead atoms. The zero-order valence-corrected chi connectivity index (χ0v) is 17.7. The Hall–Kier alpha value is -2.93. The van der Waals surface area contributed by atoms with Gasteiger partial charge in [0.1, 0.15) is 0 Å². The molecule has 0 fully saturated rings. The Morgan fingerprint density at radius 3 is 2.52 bits per heavy atom. The maximum atomic E-state index is 11.6. The minimum Gasteiger partial charge on any atom is -0.493 e. The predicted octanol–water partition coefficient (Wildman–Crippen LogP) is 2.73. The quantitative estimate of drug-likeness (QED) is 0.430. The smallest absolute Gasteiger partial charge is 0.257 e. The summed E-state index contributed by atoms with van der Waals surface area (Å²) >= 11 is 6.18. The van der Waals surface area contributed by atoms with E-state index in [-0.39, 0.29) is 12.5 Å². The van der Waals surface area contributed by atoms with Crippen molar-refractivity contribution in [3.63, 3.8) is 0 Å². The van der Waals surface area contributed by atoms with Gasteiger partial charge in [-0.1, -0.05) is 35.9 Å². The minimum absolute atomic E-state index is 0.0552. The second kappa shape index (κ2) is 11.8. The molecule has 0 unspecified atom stereocenters. The highest BCUT2D eigenvalue weighted by atomic mass is 35.5. The molecule has 0 atom stereocenters. The van der Waals surface area contributed by atoms with Crippen LogP contribution in [0.3, 0.4) is 0 Å². The van der Waals surface area contributed by atoms with Crippen LogP contribution in [0.2, 0.25) is 5.02 Å². The molecule has 1 amide bonds. The lowest BCUT2D eigenvalue weighted by atomic mass is 10.2. The molecule has 0 aliphatic carbocycles. The number of carbonyl (C=O) groups is 1. The fraction of sp³-hybridized carbons (Fsp3) is 0.333. The molecule has 0 aromatic heterocycles. The number of nitrogens with zero attached hydrogens (tertiary/aromatic N) is 1. The number of aliphatic imine (C=N–C) groups is 1. The average molecular weight is 419 g/mol. The molecule has 0 aliphatic rings. The average Bonchev–Trinajstić information content (AvgIpc) is 2.74. The van der Waals surface area contributed by atoms with Crippen molar-refractivity contribution in [1.82, 2.24) is 16.0 Å². The topological polar surface area (TPSA) is 84.0 Å². The van der Waals surface area contributed by atoms with Crippen molar-refractivity contribution in [3.05, 3.63) is 58.6 Å². The van der Waals surface area contributed by atoms with Crippen LogP contribution in [0.15, 0.2) is 47.5 Å². The van der Waals surface area contributed by atoms with E-state index in [0.717, 1.165) is 11.1 Å². The molecule has 8 heteroatoms. The molecular formula is C21H27ClN4O3. The van der Waals surface area contributed by atoms with E-state index in [9.17, 15) is 4.79 Å². The van der Waals surface area contributed by atoms with Gasteiger partial charge in [-0.25, -0.2) is 0 Å². The lowest BCUT2D eigenvalue weighted by Gasteiger charge is -2.15. The first-order chi connectivity index (χ1) is 14.1. The number of nitrogens with one attached hydrogen (secondary N) is 3. The third-order valence-corrected chi connectivity index (χ3v) is 4.42. The van der Waals surface area contributed by atoms with Crippen molar-refractivity contribution in [2.24, 2.45) is 4.99 Å². The molecule has 3 N–H and O–H groups in total. The maximum absolute atomic E-state index is 11.6. The van der Waals surface area contributed by atoms with Crippen molar-refractivity contribution in [3.8, 4) is 11.5 Å². The van der Waals surface area contributed by atoms with E-state index in [4.69, 9.17) is 21.1 Å². The maximum Gasteiger partial charge on any atom is 0.257 e. The van der Waals surface area contributed by atoms with Crippen LogP contribution in [-0.4, -0.2) is 39.2 Å². The first-order valence-electron chi connectivity index (χ1n) is 9.31. The highest BCUT2D eigenvalue weighted by molar-refractivity contribution is 6.31. The number of benzene rings is 2. The summed E-state index contributed by atoms with van der Waals surface area (Å²) in [4.78, 5) is 15.8. The summed E-state index contributed by atoms with van der Waals surface area (Å²) in [6.45, 7) is 3.47. The fourth-order valence-electron chi connectivity index (χ4n) is 2.56. The number of hydrogen-bond donors (Lipinski definition) is 3. The standard InChI is InChI=1S/C21H27ClN4O3/c1-4-24-20(27)14-29-18-10-9-15(11-19(18)28-3)12-25-21(23-2)26-13-16-7-5-6-8-17(16)22/h5-11H,4,12-14H2,1-3H3,(H,24,27)(H2,23,25,26). The van der Waals surface area contributed by atoms with E-state index in [1.54, 1.807) is 20.2 Å². The van der Waals surface area contributed by atoms with Gasteiger partial charge < -0.3 is 25.4 Å². The van der Waals surface area contributed by atoms with Gasteiger partial charge >= 0.3 is 0 Å². The van der Waals surface area contributed by atoms with E-state index >= 15 is 0 Å². The Bertz CT molecular complexity index is 842. The minimum atomic E-state index is -0.173. The van der Waals surface area contributed by atoms with Gasteiger partial charge in [0.15, 0.2) is 24.1 Å². The molecule has 7 nitrogen and oxygen atoms in total. The monoisotopic (exact) mass is 418 g/mol. The lowest BCUT2D eigenvalue weighted by molar-refractivity contribution is -0.123. The molecule has 156 valence electrons. The van der Waals surface area contributed by atoms with Crippen molar-refractivity contribution in [2.45, 2.75) is 20.0 Å². The number of guanidine groups is 1. The Morgan fingerprint density at radius 2 is 1.83 bits per heavy atom. The van der Waals surface area contributed by atoms with Crippen LogP contribution in [0.4, 0.5) is 0 Å². The summed E-state index contributed by atoms with van der Waals surface area (Å²) in [6.07, 6.45) is 0. The fourth-order valence-corrected chi connectivity index (χ4v) is 2.76. The van der Waals surface area contributed by atoms with Crippen LogP contribution in [0.25, 0.3) is 0 Å². The second-order valence-electron chi connectivity index (χ2n) is 6.10. The van der Waals surface area contributed by atoms with Gasteiger partial charge in [-0.15, -0.1) is 0 Å². The highest BCUT2D eigenvalue weighted by Crippen LogP contribution is 2.28. The molecule has 0 radical (unpaired) electrons. The molecular weight excluding hydrogens is 392 g/mol. The molecule has 0 spiro atoms. The van der Waals surface area contributed by atoms with E-state index in [2.05, 4.69) is 20.9 Å². The van der Waals surface area contributed by atoms with Crippen LogP contribution in [-0.2, 0) is 17.9 Å². The molecule has 0 saturated heterocycles. The number of ether oxygens (including phenoxy) is 2. The third kappa shape index (κ3) is 7.19. The van der Waals surface area contributed by atoms with Crippen LogP contribution in [0.1, 0.15) is 18.1 Å². The van der Waals surface area contributed by atoms with Gasteiger partial charge in [0.25, 0.3) is 5.91 Å². The van der Waals surface area contributed by atoms with Gasteiger partial charge in [0.2, 0.25) is 0 Å². The number of carbonyl (C=O) groups excluding carboxylic acids is 1. The van der Waals surface area contributed by atoms with E-state index in [1.807, 2.05) is 43.3 Å². The van der Waals surface area contributed by atoms with E-state index < -0.39 is 0 Å². The van der Waals surface area contributed by atoms with E-state index in [0.29, 0.717) is 42.1 Å². The van der Waals surface area contributed by atoms with E-state index in [1.165, 1.54) is 0 Å². The van der Waals surface area contributed by atoms with Crippen molar-refractivity contribution < 1.29 is 14.3 Å². The van der Waals surface area contributed by atoms with Gasteiger partial charge in [0, 0.05) is 31.7 Å². The summed E-state index contributed by atoms with van der Waals surface area (Å²) in [6, 6.07) is 13.2. The largest absolute Gasteiger partial charge is 0.493 e. The summed E-state index contributed by atoms with van der Waals surface area (Å²) in [5.74, 6) is 1.56. The van der Waals surface area contributed by atoms with Gasteiger partial charge in [-0.3, -0.25) is 9.79 Å². The zero-order valence-electron chi connectivity index (χ0n) is 16.9. The van der Waals surface area contributed by atoms with Crippen molar-refractivity contribution >= 4 is 23.5 Å². The van der Waals surface area contributed by atoms with Gasteiger partial charge in [-0.05, 0) is 36.2 Å². The van der Waals surface area contributed by atoms with Crippen LogP contribution >= 0.6 is 11.6 Å². The second-order valence-corrected chi connectivity index (χ2v) is 6.51. The Kier molecular flexibility index (Phi) is 9.11. The normalized spacial score (nSPS) is 11.0. The number of rotatable bonds is 9. The Balaban J connectivity index is 1.91.